The summed E-state index contributed by atoms with van der Waals surface area (Å²) >= 11 is 7.30. The van der Waals surface area contributed by atoms with Crippen LogP contribution in [0, 0.1) is 0 Å². The zero-order valence-electron chi connectivity index (χ0n) is 11.8. The van der Waals surface area contributed by atoms with E-state index in [0.29, 0.717) is 10.7 Å². The molecule has 0 spiro atoms. The van der Waals surface area contributed by atoms with E-state index in [1.807, 2.05) is 16.8 Å². The Morgan fingerprint density at radius 1 is 1.23 bits per heavy atom. The third-order valence-corrected chi connectivity index (χ3v) is 3.91. The Morgan fingerprint density at radius 2 is 1.95 bits per heavy atom. The maximum absolute atomic E-state index is 11.8. The monoisotopic (exact) mass is 338 g/mol. The van der Waals surface area contributed by atoms with Crippen LogP contribution in [0.15, 0.2) is 41.1 Å². The number of carbonyl (C=O) groups excluding carboxylic acids is 2. The molecule has 1 aromatic heterocycles. The average molecular weight is 339 g/mol. The molecular weight excluding hydrogens is 324 g/mol. The molecule has 1 aromatic carbocycles. The van der Waals surface area contributed by atoms with E-state index in [1.165, 1.54) is 0 Å². The summed E-state index contributed by atoms with van der Waals surface area (Å²) in [5, 5.41) is 9.48. The number of nitrogens with one attached hydrogen (secondary N) is 2. The number of anilines is 1. The Bertz CT molecular complexity index is 629. The molecule has 2 amide bonds. The van der Waals surface area contributed by atoms with Gasteiger partial charge in [0.15, 0.2) is 0 Å². The smallest absolute Gasteiger partial charge is 0.313 e. The zero-order valence-corrected chi connectivity index (χ0v) is 13.4. The summed E-state index contributed by atoms with van der Waals surface area (Å²) in [6.07, 6.45) is -0.279. The molecule has 7 heteroatoms. The van der Waals surface area contributed by atoms with E-state index in [1.54, 1.807) is 42.7 Å². The molecule has 0 aliphatic rings. The van der Waals surface area contributed by atoms with Crippen LogP contribution in [0.5, 0.6) is 0 Å². The number of rotatable bonds is 5. The van der Waals surface area contributed by atoms with Gasteiger partial charge in [-0.2, -0.15) is 11.3 Å². The Kier molecular flexibility index (Phi) is 5.94. The summed E-state index contributed by atoms with van der Waals surface area (Å²) in [6.45, 7) is 0.222. The minimum atomic E-state index is -0.734. The summed E-state index contributed by atoms with van der Waals surface area (Å²) in [4.78, 5) is 23.6. The third kappa shape index (κ3) is 4.56. The first-order valence-electron chi connectivity index (χ1n) is 6.50. The number of benzene rings is 1. The number of ether oxygens (including phenoxy) is 1. The molecule has 0 radical (unpaired) electrons. The normalized spacial score (nSPS) is 11.7. The van der Waals surface area contributed by atoms with Crippen LogP contribution in [0.1, 0.15) is 11.7 Å². The second-order valence-electron chi connectivity index (χ2n) is 4.45. The second-order valence-corrected chi connectivity index (χ2v) is 5.67. The van der Waals surface area contributed by atoms with Crippen molar-refractivity contribution < 1.29 is 14.3 Å². The molecule has 1 heterocycles. The van der Waals surface area contributed by atoms with Gasteiger partial charge in [-0.3, -0.25) is 9.59 Å². The highest BCUT2D eigenvalue weighted by Crippen LogP contribution is 2.18. The highest BCUT2D eigenvalue weighted by molar-refractivity contribution is 7.07. The van der Waals surface area contributed by atoms with E-state index in [2.05, 4.69) is 10.6 Å². The molecule has 1 atom stereocenters. The number of carbonyl (C=O) groups is 2. The molecule has 2 rings (SSSR count). The maximum Gasteiger partial charge on any atom is 0.313 e. The lowest BCUT2D eigenvalue weighted by Crippen LogP contribution is -2.37. The van der Waals surface area contributed by atoms with E-state index in [9.17, 15) is 9.59 Å². The van der Waals surface area contributed by atoms with Gasteiger partial charge in [-0.05, 0) is 46.7 Å². The first kappa shape index (κ1) is 16.5. The molecule has 22 heavy (non-hydrogen) atoms. The van der Waals surface area contributed by atoms with Crippen LogP contribution >= 0.6 is 22.9 Å². The van der Waals surface area contributed by atoms with E-state index in [4.69, 9.17) is 16.3 Å². The van der Waals surface area contributed by atoms with Gasteiger partial charge in [0.1, 0.15) is 6.10 Å². The van der Waals surface area contributed by atoms with Crippen molar-refractivity contribution >= 4 is 40.4 Å². The molecule has 0 aliphatic heterocycles. The van der Waals surface area contributed by atoms with Crippen LogP contribution in [-0.4, -0.2) is 25.5 Å². The molecule has 0 fully saturated rings. The van der Waals surface area contributed by atoms with Gasteiger partial charge in [-0.25, -0.2) is 0 Å². The Hall–Kier alpha value is -1.89. The molecule has 0 saturated heterocycles. The first-order valence-corrected chi connectivity index (χ1v) is 7.82. The molecule has 1 unspecified atom stereocenters. The van der Waals surface area contributed by atoms with Crippen molar-refractivity contribution in [2.75, 3.05) is 19.0 Å². The van der Waals surface area contributed by atoms with Gasteiger partial charge in [0.05, 0.1) is 0 Å². The third-order valence-electron chi connectivity index (χ3n) is 2.96. The van der Waals surface area contributed by atoms with E-state index in [0.717, 1.165) is 5.56 Å². The van der Waals surface area contributed by atoms with Crippen molar-refractivity contribution in [1.82, 2.24) is 5.32 Å². The first-order chi connectivity index (χ1) is 10.6. The lowest BCUT2D eigenvalue weighted by molar-refractivity contribution is -0.136. The van der Waals surface area contributed by atoms with Crippen LogP contribution in [0.4, 0.5) is 5.69 Å². The summed E-state index contributed by atoms with van der Waals surface area (Å²) in [5.74, 6) is -1.45. The Morgan fingerprint density at radius 3 is 2.55 bits per heavy atom. The Labute approximate surface area is 137 Å². The number of hydrogen-bond donors (Lipinski definition) is 2. The number of halogens is 1. The molecule has 5 nitrogen and oxygen atoms in total. The van der Waals surface area contributed by atoms with E-state index in [-0.39, 0.29) is 12.6 Å². The van der Waals surface area contributed by atoms with Crippen molar-refractivity contribution in [3.8, 4) is 0 Å². The standard InChI is InChI=1S/C15H15ClN2O3S/c1-21-13(10-6-7-22-9-10)8-17-14(19)15(20)18-12-4-2-11(16)3-5-12/h2-7,9,13H,8H2,1H3,(H,17,19)(H,18,20). The molecule has 0 aliphatic carbocycles. The second kappa shape index (κ2) is 7.93. The van der Waals surface area contributed by atoms with Gasteiger partial charge in [0.2, 0.25) is 0 Å². The molecular formula is C15H15ClN2O3S. The molecule has 0 bridgehead atoms. The number of thiophene rings is 1. The van der Waals surface area contributed by atoms with Gasteiger partial charge < -0.3 is 15.4 Å². The van der Waals surface area contributed by atoms with Crippen molar-refractivity contribution in [2.24, 2.45) is 0 Å². The van der Waals surface area contributed by atoms with Crippen molar-refractivity contribution in [3.63, 3.8) is 0 Å². The highest BCUT2D eigenvalue weighted by Gasteiger charge is 2.17. The molecule has 116 valence electrons. The minimum Gasteiger partial charge on any atom is -0.375 e. The predicted molar refractivity (Wildman–Crippen MR) is 87.2 cm³/mol. The SMILES string of the molecule is COC(CNC(=O)C(=O)Nc1ccc(Cl)cc1)c1ccsc1. The van der Waals surface area contributed by atoms with Crippen LogP contribution in [-0.2, 0) is 14.3 Å². The lowest BCUT2D eigenvalue weighted by atomic mass is 10.2. The van der Waals surface area contributed by atoms with Crippen LogP contribution in [0.25, 0.3) is 0 Å². The van der Waals surface area contributed by atoms with Gasteiger partial charge in [0.25, 0.3) is 0 Å². The number of methoxy groups -OCH3 is 1. The van der Waals surface area contributed by atoms with Crippen LogP contribution in [0.3, 0.4) is 0 Å². The van der Waals surface area contributed by atoms with Crippen molar-refractivity contribution in [3.05, 3.63) is 51.7 Å². The molecule has 0 saturated carbocycles. The summed E-state index contributed by atoms with van der Waals surface area (Å²) in [5.41, 5.74) is 1.47. The number of amides is 2. The van der Waals surface area contributed by atoms with Crippen molar-refractivity contribution in [1.29, 1.82) is 0 Å². The highest BCUT2D eigenvalue weighted by atomic mass is 35.5. The van der Waals surface area contributed by atoms with Crippen LogP contribution in [0.2, 0.25) is 5.02 Å². The minimum absolute atomic E-state index is 0.222. The van der Waals surface area contributed by atoms with Crippen molar-refractivity contribution in [2.45, 2.75) is 6.10 Å². The Balaban J connectivity index is 1.86. The molecule has 2 N–H and O–H groups in total. The molecule has 2 aromatic rings. The average Bonchev–Trinajstić information content (AvgIpc) is 3.04. The summed E-state index contributed by atoms with van der Waals surface area (Å²) < 4.78 is 5.30. The maximum atomic E-state index is 11.8. The van der Waals surface area contributed by atoms with Gasteiger partial charge >= 0.3 is 11.8 Å². The lowest BCUT2D eigenvalue weighted by Gasteiger charge is -2.14. The van der Waals surface area contributed by atoms with Gasteiger partial charge in [-0.15, -0.1) is 0 Å². The fourth-order valence-electron chi connectivity index (χ4n) is 1.78. The largest absolute Gasteiger partial charge is 0.375 e. The van der Waals surface area contributed by atoms with Crippen LogP contribution < -0.4 is 10.6 Å². The fraction of sp³-hybridized carbons (Fsp3) is 0.200. The predicted octanol–water partition coefficient (Wildman–Crippen LogP) is 2.84. The van der Waals surface area contributed by atoms with Gasteiger partial charge in [-0.1, -0.05) is 11.6 Å². The summed E-state index contributed by atoms with van der Waals surface area (Å²) in [7, 11) is 1.56. The van der Waals surface area contributed by atoms with E-state index < -0.39 is 11.8 Å². The zero-order chi connectivity index (χ0) is 15.9. The summed E-state index contributed by atoms with van der Waals surface area (Å²) in [6, 6.07) is 8.42. The van der Waals surface area contributed by atoms with Gasteiger partial charge in [0, 0.05) is 24.4 Å². The fourth-order valence-corrected chi connectivity index (χ4v) is 2.61. The quantitative estimate of drug-likeness (QED) is 0.824. The topological polar surface area (TPSA) is 67.4 Å². The number of hydrogen-bond acceptors (Lipinski definition) is 4. The van der Waals surface area contributed by atoms with E-state index >= 15 is 0 Å².